The molecule has 0 fully saturated rings. The first-order valence-electron chi connectivity index (χ1n) is 2.84. The van der Waals surface area contributed by atoms with E-state index in [9.17, 15) is 8.78 Å². The molecule has 0 nitrogen and oxygen atoms in total. The van der Waals surface area contributed by atoms with Crippen LogP contribution >= 0.6 is 34.2 Å². The molecular weight excluding hydrogens is 284 g/mol. The SMILES string of the molecule is FC(F)c1cc(Cl)ccc1I. The lowest BCUT2D eigenvalue weighted by atomic mass is 10.2. The summed E-state index contributed by atoms with van der Waals surface area (Å²) in [5.41, 5.74) is -0.00176. The predicted octanol–water partition coefficient (Wildman–Crippen LogP) is 3.88. The third-order valence-corrected chi connectivity index (χ3v) is 2.41. The number of hydrogen-bond donors (Lipinski definition) is 0. The van der Waals surface area contributed by atoms with Gasteiger partial charge in [-0.05, 0) is 40.8 Å². The van der Waals surface area contributed by atoms with Gasteiger partial charge in [-0.25, -0.2) is 8.78 Å². The highest BCUT2D eigenvalue weighted by Crippen LogP contribution is 2.26. The Morgan fingerprint density at radius 3 is 2.45 bits per heavy atom. The summed E-state index contributed by atoms with van der Waals surface area (Å²) < 4.78 is 24.8. The van der Waals surface area contributed by atoms with Crippen molar-refractivity contribution in [2.24, 2.45) is 0 Å². The molecule has 1 aromatic rings. The second-order valence-electron chi connectivity index (χ2n) is 1.97. The van der Waals surface area contributed by atoms with Crippen LogP contribution < -0.4 is 0 Å². The fourth-order valence-corrected chi connectivity index (χ4v) is 1.43. The molecule has 0 bridgehead atoms. The molecule has 0 N–H and O–H groups in total. The molecule has 0 amide bonds. The Morgan fingerprint density at radius 1 is 1.36 bits per heavy atom. The fourth-order valence-electron chi connectivity index (χ4n) is 0.682. The van der Waals surface area contributed by atoms with E-state index in [-0.39, 0.29) is 5.56 Å². The summed E-state index contributed by atoms with van der Waals surface area (Å²) in [6, 6.07) is 4.45. The summed E-state index contributed by atoms with van der Waals surface area (Å²) >= 11 is 7.38. The number of halogens is 4. The Labute approximate surface area is 81.7 Å². The largest absolute Gasteiger partial charge is 0.264 e. The summed E-state index contributed by atoms with van der Waals surface area (Å²) in [6.45, 7) is 0. The van der Waals surface area contributed by atoms with E-state index in [1.54, 1.807) is 12.1 Å². The maximum Gasteiger partial charge on any atom is 0.264 e. The Morgan fingerprint density at radius 2 is 2.00 bits per heavy atom. The van der Waals surface area contributed by atoms with Crippen LogP contribution in [0.2, 0.25) is 5.02 Å². The van der Waals surface area contributed by atoms with Gasteiger partial charge in [0.05, 0.1) is 0 Å². The fraction of sp³-hybridized carbons (Fsp3) is 0.143. The van der Waals surface area contributed by atoms with Crippen LogP contribution in [0, 0.1) is 3.57 Å². The Bertz CT molecular complexity index is 263. The van der Waals surface area contributed by atoms with Crippen LogP contribution in [0.25, 0.3) is 0 Å². The van der Waals surface area contributed by atoms with Gasteiger partial charge in [-0.2, -0.15) is 0 Å². The highest BCUT2D eigenvalue weighted by Gasteiger charge is 2.10. The Kier molecular flexibility index (Phi) is 3.06. The summed E-state index contributed by atoms with van der Waals surface area (Å²) in [5.74, 6) is 0. The molecule has 0 spiro atoms. The summed E-state index contributed by atoms with van der Waals surface area (Å²) in [4.78, 5) is 0. The van der Waals surface area contributed by atoms with Crippen molar-refractivity contribution in [2.45, 2.75) is 6.43 Å². The van der Waals surface area contributed by atoms with Gasteiger partial charge in [0.15, 0.2) is 0 Å². The Balaban J connectivity index is 3.13. The van der Waals surface area contributed by atoms with Crippen LogP contribution in [0.5, 0.6) is 0 Å². The molecule has 4 heteroatoms. The zero-order chi connectivity index (χ0) is 8.43. The third-order valence-electron chi connectivity index (χ3n) is 1.19. The van der Waals surface area contributed by atoms with Crippen molar-refractivity contribution in [2.75, 3.05) is 0 Å². The van der Waals surface area contributed by atoms with Crippen molar-refractivity contribution in [1.29, 1.82) is 0 Å². The van der Waals surface area contributed by atoms with Crippen LogP contribution in [-0.4, -0.2) is 0 Å². The second-order valence-corrected chi connectivity index (χ2v) is 3.57. The topological polar surface area (TPSA) is 0 Å². The second kappa shape index (κ2) is 3.67. The van der Waals surface area contributed by atoms with E-state index >= 15 is 0 Å². The molecule has 1 rings (SSSR count). The molecule has 1 aromatic carbocycles. The molecule has 0 aliphatic carbocycles. The minimum Gasteiger partial charge on any atom is -0.205 e. The van der Waals surface area contributed by atoms with Crippen LogP contribution in [0.4, 0.5) is 8.78 Å². The summed E-state index contributed by atoms with van der Waals surface area (Å²) in [6.07, 6.45) is -2.44. The zero-order valence-corrected chi connectivity index (χ0v) is 8.23. The monoisotopic (exact) mass is 288 g/mol. The molecule has 0 unspecified atom stereocenters. The van der Waals surface area contributed by atoms with Crippen LogP contribution in [0.3, 0.4) is 0 Å². The van der Waals surface area contributed by atoms with E-state index in [2.05, 4.69) is 0 Å². The van der Waals surface area contributed by atoms with E-state index in [0.29, 0.717) is 8.59 Å². The molecule has 0 heterocycles. The van der Waals surface area contributed by atoms with Crippen LogP contribution in [-0.2, 0) is 0 Å². The molecule has 0 aliphatic rings. The number of alkyl halides is 2. The smallest absolute Gasteiger partial charge is 0.205 e. The molecule has 0 saturated heterocycles. The first-order chi connectivity index (χ1) is 5.11. The van der Waals surface area contributed by atoms with Crippen molar-refractivity contribution < 1.29 is 8.78 Å². The van der Waals surface area contributed by atoms with Gasteiger partial charge in [-0.1, -0.05) is 11.6 Å². The van der Waals surface area contributed by atoms with Gasteiger partial charge in [0, 0.05) is 14.2 Å². The van der Waals surface area contributed by atoms with Gasteiger partial charge in [0.1, 0.15) is 0 Å². The van der Waals surface area contributed by atoms with Crippen molar-refractivity contribution in [3.63, 3.8) is 0 Å². The van der Waals surface area contributed by atoms with Crippen LogP contribution in [0.15, 0.2) is 18.2 Å². The summed E-state index contributed by atoms with van der Waals surface area (Å²) in [5, 5.41) is 0.348. The number of rotatable bonds is 1. The highest BCUT2D eigenvalue weighted by atomic mass is 127. The molecule has 11 heavy (non-hydrogen) atoms. The standard InChI is InChI=1S/C7H4ClF2I/c8-4-1-2-6(11)5(3-4)7(9)10/h1-3,7H. The number of benzene rings is 1. The van der Waals surface area contributed by atoms with E-state index in [1.807, 2.05) is 22.6 Å². The molecule has 0 aromatic heterocycles. The van der Waals surface area contributed by atoms with Gasteiger partial charge in [0.25, 0.3) is 6.43 Å². The van der Waals surface area contributed by atoms with Gasteiger partial charge in [-0.15, -0.1) is 0 Å². The van der Waals surface area contributed by atoms with Crippen LogP contribution in [0.1, 0.15) is 12.0 Å². The zero-order valence-electron chi connectivity index (χ0n) is 5.32. The van der Waals surface area contributed by atoms with Crippen molar-refractivity contribution >= 4 is 34.2 Å². The van der Waals surface area contributed by atoms with E-state index in [1.165, 1.54) is 6.07 Å². The minimum atomic E-state index is -2.44. The lowest BCUT2D eigenvalue weighted by Gasteiger charge is -2.02. The summed E-state index contributed by atoms with van der Waals surface area (Å²) in [7, 11) is 0. The molecule has 60 valence electrons. The van der Waals surface area contributed by atoms with Crippen molar-refractivity contribution in [3.8, 4) is 0 Å². The highest BCUT2D eigenvalue weighted by molar-refractivity contribution is 14.1. The minimum absolute atomic E-state index is 0.00176. The normalized spacial score (nSPS) is 10.6. The lowest BCUT2D eigenvalue weighted by molar-refractivity contribution is 0.150. The first kappa shape index (κ1) is 9.19. The van der Waals surface area contributed by atoms with Crippen molar-refractivity contribution in [3.05, 3.63) is 32.4 Å². The molecule has 0 aliphatic heterocycles. The van der Waals surface area contributed by atoms with Gasteiger partial charge >= 0.3 is 0 Å². The van der Waals surface area contributed by atoms with Gasteiger partial charge in [0.2, 0.25) is 0 Å². The van der Waals surface area contributed by atoms with E-state index < -0.39 is 6.43 Å². The van der Waals surface area contributed by atoms with Gasteiger partial charge < -0.3 is 0 Å². The molecule has 0 atom stereocenters. The third kappa shape index (κ3) is 2.27. The van der Waals surface area contributed by atoms with Crippen molar-refractivity contribution in [1.82, 2.24) is 0 Å². The van der Waals surface area contributed by atoms with E-state index in [0.717, 1.165) is 0 Å². The first-order valence-corrected chi connectivity index (χ1v) is 4.30. The molecule has 0 saturated carbocycles. The molecule has 0 radical (unpaired) electrons. The maximum atomic E-state index is 12.1. The lowest BCUT2D eigenvalue weighted by Crippen LogP contribution is -1.87. The van der Waals surface area contributed by atoms with E-state index in [4.69, 9.17) is 11.6 Å². The quantitative estimate of drug-likeness (QED) is 0.688. The molecular formula is C7H4ClF2I. The van der Waals surface area contributed by atoms with Gasteiger partial charge in [-0.3, -0.25) is 0 Å². The predicted molar refractivity (Wildman–Crippen MR) is 49.1 cm³/mol. The Hall–Kier alpha value is 0.100. The average Bonchev–Trinajstić information content (AvgIpc) is 1.94. The maximum absolute atomic E-state index is 12.1. The number of hydrogen-bond acceptors (Lipinski definition) is 0. The average molecular weight is 288 g/mol.